The first-order valence-electron chi connectivity index (χ1n) is 10.4. The van der Waals surface area contributed by atoms with Gasteiger partial charge in [0.05, 0.1) is 0 Å². The summed E-state index contributed by atoms with van der Waals surface area (Å²) in [5, 5.41) is 9.83. The van der Waals surface area contributed by atoms with Gasteiger partial charge in [0.1, 0.15) is 0 Å². The van der Waals surface area contributed by atoms with Crippen molar-refractivity contribution >= 4 is 0 Å². The fraction of sp³-hybridized carbons (Fsp3) is 0.727. The van der Waals surface area contributed by atoms with Crippen molar-refractivity contribution < 1.29 is 0 Å². The summed E-state index contributed by atoms with van der Waals surface area (Å²) in [5.74, 6) is 0.992. The lowest BCUT2D eigenvalue weighted by Crippen LogP contribution is -2.26. The summed E-state index contributed by atoms with van der Waals surface area (Å²) in [6.45, 7) is 7.29. The van der Waals surface area contributed by atoms with Gasteiger partial charge in [0, 0.05) is 18.6 Å². The van der Waals surface area contributed by atoms with Crippen LogP contribution in [0.15, 0.2) is 36.8 Å². The van der Waals surface area contributed by atoms with Crippen LogP contribution in [0, 0.1) is 5.92 Å². The Morgan fingerprint density at radius 1 is 0.640 bits per heavy atom. The van der Waals surface area contributed by atoms with Crippen LogP contribution in [0.4, 0.5) is 0 Å². The summed E-state index contributed by atoms with van der Waals surface area (Å²) < 4.78 is 0. The van der Waals surface area contributed by atoms with E-state index in [1.165, 1.54) is 64.3 Å². The molecule has 0 aliphatic heterocycles. The van der Waals surface area contributed by atoms with Gasteiger partial charge in [0.25, 0.3) is 0 Å². The smallest absolute Gasteiger partial charge is 0.0257 e. The molecule has 0 atom stereocenters. The molecule has 3 N–H and O–H groups in total. The van der Waals surface area contributed by atoms with Crippen LogP contribution in [-0.2, 0) is 0 Å². The lowest BCUT2D eigenvalue weighted by Gasteiger charge is -2.21. The first-order valence-corrected chi connectivity index (χ1v) is 10.4. The highest BCUT2D eigenvalue weighted by Gasteiger charge is 2.19. The molecule has 0 radical (unpaired) electrons. The molecule has 3 nitrogen and oxygen atoms in total. The summed E-state index contributed by atoms with van der Waals surface area (Å²) in [6.07, 6.45) is 24.8. The van der Waals surface area contributed by atoms with Crippen LogP contribution in [-0.4, -0.2) is 18.6 Å². The van der Waals surface area contributed by atoms with E-state index in [-0.39, 0.29) is 0 Å². The quantitative estimate of drug-likeness (QED) is 0.590. The van der Waals surface area contributed by atoms with Crippen molar-refractivity contribution in [3.05, 3.63) is 36.8 Å². The molecule has 3 heteroatoms. The lowest BCUT2D eigenvalue weighted by atomic mass is 9.96. The van der Waals surface area contributed by atoms with Gasteiger partial charge in [-0.15, -0.1) is 0 Å². The molecule has 0 heterocycles. The summed E-state index contributed by atoms with van der Waals surface area (Å²) in [6, 6.07) is 1.58. The Balaban J connectivity index is 0.000000191. The topological polar surface area (TPSA) is 36.1 Å². The van der Waals surface area contributed by atoms with E-state index in [0.717, 1.165) is 18.0 Å². The van der Waals surface area contributed by atoms with Crippen molar-refractivity contribution in [1.82, 2.24) is 16.0 Å². The molecule has 0 spiro atoms. The van der Waals surface area contributed by atoms with E-state index >= 15 is 0 Å². The Morgan fingerprint density at radius 2 is 1.16 bits per heavy atom. The Morgan fingerprint density at radius 3 is 1.60 bits per heavy atom. The largest absolute Gasteiger partial charge is 0.391 e. The van der Waals surface area contributed by atoms with Gasteiger partial charge in [0.15, 0.2) is 0 Å². The van der Waals surface area contributed by atoms with Gasteiger partial charge in [-0.05, 0) is 83.8 Å². The Labute approximate surface area is 156 Å². The summed E-state index contributed by atoms with van der Waals surface area (Å²) in [4.78, 5) is 0. The molecule has 144 valence electrons. The summed E-state index contributed by atoms with van der Waals surface area (Å²) in [5.41, 5.74) is 0. The van der Waals surface area contributed by atoms with Crippen LogP contribution in [0.1, 0.15) is 78.6 Å². The van der Waals surface area contributed by atoms with Crippen LogP contribution in [0.2, 0.25) is 0 Å². The molecule has 0 bridgehead atoms. The van der Waals surface area contributed by atoms with E-state index in [4.69, 9.17) is 0 Å². The Bertz CT molecular complexity index is 373. The Hall–Kier alpha value is -1.38. The maximum atomic E-state index is 3.39. The van der Waals surface area contributed by atoms with Crippen LogP contribution < -0.4 is 16.0 Å². The minimum Gasteiger partial charge on any atom is -0.391 e. The molecule has 0 unspecified atom stereocenters. The minimum atomic E-state index is 0.768. The molecule has 0 amide bonds. The maximum Gasteiger partial charge on any atom is 0.0257 e. The van der Waals surface area contributed by atoms with Gasteiger partial charge in [-0.3, -0.25) is 0 Å². The van der Waals surface area contributed by atoms with E-state index in [1.807, 2.05) is 38.4 Å². The molecule has 0 aromatic heterocycles. The summed E-state index contributed by atoms with van der Waals surface area (Å²) in [7, 11) is 0. The van der Waals surface area contributed by atoms with Gasteiger partial charge in [0.2, 0.25) is 0 Å². The van der Waals surface area contributed by atoms with E-state index in [0.29, 0.717) is 0 Å². The van der Waals surface area contributed by atoms with Crippen molar-refractivity contribution in [1.29, 1.82) is 0 Å². The highest BCUT2D eigenvalue weighted by Crippen LogP contribution is 2.27. The van der Waals surface area contributed by atoms with Gasteiger partial charge in [-0.2, -0.15) is 0 Å². The third kappa shape index (κ3) is 14.7. The molecule has 3 aliphatic rings. The van der Waals surface area contributed by atoms with E-state index in [9.17, 15) is 0 Å². The predicted octanol–water partition coefficient (Wildman–Crippen LogP) is 5.23. The number of hydrogen-bond acceptors (Lipinski definition) is 3. The van der Waals surface area contributed by atoms with Crippen molar-refractivity contribution in [3.63, 3.8) is 0 Å². The van der Waals surface area contributed by atoms with Crippen molar-refractivity contribution in [2.75, 3.05) is 6.54 Å². The van der Waals surface area contributed by atoms with Crippen molar-refractivity contribution in [2.24, 2.45) is 5.92 Å². The SMILES string of the molecule is CC=CNC1CC1.CC=CNC1CCCCC1.CC=CNCC1CC1. The molecule has 3 aliphatic carbocycles. The molecule has 3 saturated carbocycles. The second-order valence-electron chi connectivity index (χ2n) is 7.29. The van der Waals surface area contributed by atoms with Gasteiger partial charge in [-0.1, -0.05) is 37.5 Å². The first kappa shape index (κ1) is 21.7. The fourth-order valence-electron chi connectivity index (χ4n) is 2.66. The Kier molecular flexibility index (Phi) is 12.9. The van der Waals surface area contributed by atoms with Gasteiger partial charge < -0.3 is 16.0 Å². The minimum absolute atomic E-state index is 0.768. The zero-order valence-electron chi connectivity index (χ0n) is 16.8. The van der Waals surface area contributed by atoms with Crippen LogP contribution >= 0.6 is 0 Å². The normalized spacial score (nSPS) is 20.8. The van der Waals surface area contributed by atoms with E-state index in [2.05, 4.69) is 35.2 Å². The third-order valence-corrected chi connectivity index (χ3v) is 4.57. The highest BCUT2D eigenvalue weighted by atomic mass is 14.9. The average Bonchev–Trinajstić information content (AvgIpc) is 3.55. The molecule has 3 rings (SSSR count). The molecular weight excluding hydrogens is 306 g/mol. The zero-order valence-corrected chi connectivity index (χ0v) is 16.8. The standard InChI is InChI=1S/C9H17N.C7H13N.C6H11N/c1-2-8-10-9-6-4-3-5-7-9;1-2-5-8-6-7-3-4-7;1-2-5-7-6-3-4-6/h2,8-10H,3-7H2,1H3;2,5,7-8H,3-4,6H2,1H3;2,5-7H,3-4H2,1H3. The second kappa shape index (κ2) is 14.9. The van der Waals surface area contributed by atoms with Gasteiger partial charge >= 0.3 is 0 Å². The molecule has 0 aromatic carbocycles. The molecular formula is C22H41N3. The van der Waals surface area contributed by atoms with Crippen molar-refractivity contribution in [2.45, 2.75) is 90.6 Å². The number of rotatable bonds is 7. The monoisotopic (exact) mass is 347 g/mol. The van der Waals surface area contributed by atoms with Crippen LogP contribution in [0.25, 0.3) is 0 Å². The zero-order chi connectivity index (χ0) is 18.2. The van der Waals surface area contributed by atoms with E-state index < -0.39 is 0 Å². The highest BCUT2D eigenvalue weighted by molar-refractivity contribution is 4.87. The molecule has 3 fully saturated rings. The number of allylic oxidation sites excluding steroid dienone is 3. The lowest BCUT2D eigenvalue weighted by molar-refractivity contribution is 0.404. The third-order valence-electron chi connectivity index (χ3n) is 4.57. The van der Waals surface area contributed by atoms with Crippen molar-refractivity contribution in [3.8, 4) is 0 Å². The van der Waals surface area contributed by atoms with E-state index in [1.54, 1.807) is 0 Å². The summed E-state index contributed by atoms with van der Waals surface area (Å²) >= 11 is 0. The molecule has 0 saturated heterocycles. The average molecular weight is 348 g/mol. The number of nitrogens with one attached hydrogen (secondary N) is 3. The molecule has 25 heavy (non-hydrogen) atoms. The predicted molar refractivity (Wildman–Crippen MR) is 111 cm³/mol. The second-order valence-corrected chi connectivity index (χ2v) is 7.29. The van der Waals surface area contributed by atoms with Crippen LogP contribution in [0.3, 0.4) is 0 Å². The number of hydrogen-bond donors (Lipinski definition) is 3. The van der Waals surface area contributed by atoms with Gasteiger partial charge in [-0.25, -0.2) is 0 Å². The van der Waals surface area contributed by atoms with Crippen LogP contribution in [0.5, 0.6) is 0 Å². The first-order chi connectivity index (χ1) is 12.3. The maximum absolute atomic E-state index is 3.39. The molecule has 0 aromatic rings. The fourth-order valence-corrected chi connectivity index (χ4v) is 2.66.